The molecule has 0 unspecified atom stereocenters. The fraction of sp³-hybridized carbons (Fsp3) is 0.286. The van der Waals surface area contributed by atoms with Crippen molar-refractivity contribution in [2.24, 2.45) is 4.99 Å². The highest BCUT2D eigenvalue weighted by atomic mass is 32.1. The number of carbonyl (C=O) groups is 2. The Kier molecular flexibility index (Phi) is 4.18. The lowest BCUT2D eigenvalue weighted by molar-refractivity contribution is -0.133. The molecule has 0 radical (unpaired) electrons. The van der Waals surface area contributed by atoms with Crippen molar-refractivity contribution < 1.29 is 9.59 Å². The molecule has 0 aliphatic heterocycles. The van der Waals surface area contributed by atoms with Gasteiger partial charge in [-0.05, 0) is 24.7 Å². The van der Waals surface area contributed by atoms with Crippen molar-refractivity contribution in [2.75, 3.05) is 6.54 Å². The third-order valence-electron chi connectivity index (χ3n) is 0.928. The quantitative estimate of drug-likeness (QED) is 0.271. The van der Waals surface area contributed by atoms with Gasteiger partial charge in [-0.3, -0.25) is 9.59 Å². The molecule has 0 aliphatic rings. The van der Waals surface area contributed by atoms with Crippen molar-refractivity contribution in [3.05, 3.63) is 12.2 Å². The van der Waals surface area contributed by atoms with Crippen LogP contribution in [0.2, 0.25) is 0 Å². The Morgan fingerprint density at radius 1 is 1.64 bits per heavy atom. The Balaban J connectivity index is 4.15. The fourth-order valence-electron chi connectivity index (χ4n) is 0.414. The van der Waals surface area contributed by atoms with E-state index in [-0.39, 0.29) is 12.1 Å². The molecule has 0 aromatic heterocycles. The van der Waals surface area contributed by atoms with Crippen molar-refractivity contribution in [2.45, 2.75) is 6.92 Å². The molecule has 0 aromatic carbocycles. The molecular formula is C7H7NO2S. The molecule has 0 aliphatic carbocycles. The lowest BCUT2D eigenvalue weighted by Crippen LogP contribution is -2.16. The smallest absolute Gasteiger partial charge is 0.225 e. The van der Waals surface area contributed by atoms with Gasteiger partial charge in [-0.25, -0.2) is 4.99 Å². The van der Waals surface area contributed by atoms with Crippen molar-refractivity contribution in [3.63, 3.8) is 0 Å². The number of aliphatic imine (C=N–C) groups is 1. The normalized spacial score (nSPS) is 8.09. The van der Waals surface area contributed by atoms with E-state index in [4.69, 9.17) is 0 Å². The highest BCUT2D eigenvalue weighted by Crippen LogP contribution is 1.91. The number of rotatable bonds is 4. The lowest BCUT2D eigenvalue weighted by atomic mass is 10.1. The van der Waals surface area contributed by atoms with Crippen LogP contribution in [0.15, 0.2) is 17.1 Å². The second kappa shape index (κ2) is 4.66. The van der Waals surface area contributed by atoms with Gasteiger partial charge in [0.15, 0.2) is 0 Å². The topological polar surface area (TPSA) is 46.5 Å². The Morgan fingerprint density at radius 3 is 2.55 bits per heavy atom. The third-order valence-corrected chi connectivity index (χ3v) is 1.06. The first-order valence-electron chi connectivity index (χ1n) is 2.86. The SMILES string of the molecule is C=C(C)C(=O)C(=O)CN=C=S. The van der Waals surface area contributed by atoms with Gasteiger partial charge in [0.1, 0.15) is 6.54 Å². The summed E-state index contributed by atoms with van der Waals surface area (Å²) in [6, 6.07) is 0. The molecule has 0 fully saturated rings. The number of allylic oxidation sites excluding steroid dienone is 1. The molecule has 3 nitrogen and oxygen atoms in total. The monoisotopic (exact) mass is 169 g/mol. The molecule has 0 amide bonds. The maximum Gasteiger partial charge on any atom is 0.225 e. The Labute approximate surface area is 69.8 Å². The van der Waals surface area contributed by atoms with Gasteiger partial charge in [0.2, 0.25) is 11.6 Å². The van der Waals surface area contributed by atoms with Crippen molar-refractivity contribution >= 4 is 28.9 Å². The average molecular weight is 169 g/mol. The van der Waals surface area contributed by atoms with Gasteiger partial charge in [0.25, 0.3) is 0 Å². The van der Waals surface area contributed by atoms with Crippen LogP contribution in [0.1, 0.15) is 6.92 Å². The summed E-state index contributed by atoms with van der Waals surface area (Å²) in [6.45, 7) is 4.57. The van der Waals surface area contributed by atoms with Gasteiger partial charge in [0.05, 0.1) is 5.16 Å². The van der Waals surface area contributed by atoms with Crippen LogP contribution in [0.4, 0.5) is 0 Å². The summed E-state index contributed by atoms with van der Waals surface area (Å²) in [5.74, 6) is -1.20. The Hall–Kier alpha value is -1.12. The van der Waals surface area contributed by atoms with Crippen LogP contribution in [-0.4, -0.2) is 23.3 Å². The minimum atomic E-state index is -0.602. The zero-order chi connectivity index (χ0) is 8.85. The summed E-state index contributed by atoms with van der Waals surface area (Å²) in [7, 11) is 0. The zero-order valence-electron chi connectivity index (χ0n) is 6.09. The minimum absolute atomic E-state index is 0.217. The molecule has 0 aromatic rings. The molecule has 0 rings (SSSR count). The number of thiocarbonyl (C=S) groups is 1. The van der Waals surface area contributed by atoms with Gasteiger partial charge >= 0.3 is 0 Å². The molecule has 4 heteroatoms. The van der Waals surface area contributed by atoms with E-state index in [0.717, 1.165) is 0 Å². The summed E-state index contributed by atoms with van der Waals surface area (Å²) in [6.07, 6.45) is 0. The number of isothiocyanates is 1. The molecule has 0 saturated carbocycles. The maximum atomic E-state index is 10.8. The van der Waals surface area contributed by atoms with Crippen molar-refractivity contribution in [3.8, 4) is 0 Å². The second-order valence-electron chi connectivity index (χ2n) is 1.94. The van der Waals surface area contributed by atoms with Gasteiger partial charge in [0, 0.05) is 0 Å². The highest BCUT2D eigenvalue weighted by molar-refractivity contribution is 7.78. The predicted octanol–water partition coefficient (Wildman–Crippen LogP) is 0.803. The van der Waals surface area contributed by atoms with E-state index in [2.05, 4.69) is 23.8 Å². The van der Waals surface area contributed by atoms with E-state index in [1.54, 1.807) is 0 Å². The molecule has 0 atom stereocenters. The first-order valence-corrected chi connectivity index (χ1v) is 3.27. The van der Waals surface area contributed by atoms with Crippen LogP contribution in [0, 0.1) is 0 Å². The van der Waals surface area contributed by atoms with Crippen LogP contribution in [0.5, 0.6) is 0 Å². The van der Waals surface area contributed by atoms with Gasteiger partial charge in [-0.15, -0.1) is 0 Å². The second-order valence-corrected chi connectivity index (χ2v) is 2.12. The molecule has 0 N–H and O–H groups in total. The minimum Gasteiger partial charge on any atom is -0.288 e. The Bertz CT molecular complexity index is 251. The standard InChI is InChI=1S/C7H7NO2S/c1-5(2)7(10)6(9)3-8-4-11/h1,3H2,2H3. The molecule has 0 saturated heterocycles. The van der Waals surface area contributed by atoms with E-state index < -0.39 is 11.6 Å². The predicted molar refractivity (Wildman–Crippen MR) is 44.7 cm³/mol. The molecule has 0 spiro atoms. The first-order chi connectivity index (χ1) is 5.09. The molecule has 58 valence electrons. The number of carbonyl (C=O) groups excluding carboxylic acids is 2. The maximum absolute atomic E-state index is 10.8. The van der Waals surface area contributed by atoms with Crippen LogP contribution < -0.4 is 0 Å². The summed E-state index contributed by atoms with van der Waals surface area (Å²) < 4.78 is 0. The summed E-state index contributed by atoms with van der Waals surface area (Å²) in [5, 5.41) is 2.00. The molecule has 0 bridgehead atoms. The average Bonchev–Trinajstić information content (AvgIpc) is 1.98. The van der Waals surface area contributed by atoms with E-state index in [1.807, 2.05) is 5.16 Å². The lowest BCUT2D eigenvalue weighted by Gasteiger charge is -1.92. The third kappa shape index (κ3) is 3.55. The van der Waals surface area contributed by atoms with Gasteiger partial charge < -0.3 is 0 Å². The number of hydrogen-bond donors (Lipinski definition) is 0. The Morgan fingerprint density at radius 2 is 2.18 bits per heavy atom. The van der Waals surface area contributed by atoms with Crippen LogP contribution >= 0.6 is 12.2 Å². The number of ketones is 2. The summed E-state index contributed by atoms with van der Waals surface area (Å²) in [4.78, 5) is 24.9. The largest absolute Gasteiger partial charge is 0.288 e. The van der Waals surface area contributed by atoms with Crippen LogP contribution in [-0.2, 0) is 9.59 Å². The van der Waals surface area contributed by atoms with E-state index in [9.17, 15) is 9.59 Å². The number of hydrogen-bond acceptors (Lipinski definition) is 4. The van der Waals surface area contributed by atoms with Gasteiger partial charge in [-0.2, -0.15) is 0 Å². The van der Waals surface area contributed by atoms with E-state index in [0.29, 0.717) is 0 Å². The summed E-state index contributed by atoms with van der Waals surface area (Å²) >= 11 is 4.22. The van der Waals surface area contributed by atoms with Crippen LogP contribution in [0.3, 0.4) is 0 Å². The van der Waals surface area contributed by atoms with E-state index >= 15 is 0 Å². The summed E-state index contributed by atoms with van der Waals surface area (Å²) in [5.41, 5.74) is 0.217. The molecular weight excluding hydrogens is 162 g/mol. The molecule has 0 heterocycles. The zero-order valence-corrected chi connectivity index (χ0v) is 6.90. The van der Waals surface area contributed by atoms with E-state index in [1.165, 1.54) is 6.92 Å². The first kappa shape index (κ1) is 9.88. The number of nitrogens with zero attached hydrogens (tertiary/aromatic N) is 1. The highest BCUT2D eigenvalue weighted by Gasteiger charge is 2.12. The van der Waals surface area contributed by atoms with Crippen molar-refractivity contribution in [1.29, 1.82) is 0 Å². The molecule has 11 heavy (non-hydrogen) atoms. The van der Waals surface area contributed by atoms with Gasteiger partial charge in [-0.1, -0.05) is 6.58 Å². The van der Waals surface area contributed by atoms with Crippen LogP contribution in [0.25, 0.3) is 0 Å². The number of Topliss-reactive ketones (excluding diaryl/α,β-unsaturated/α-hetero) is 2. The van der Waals surface area contributed by atoms with Crippen molar-refractivity contribution in [1.82, 2.24) is 0 Å². The fourth-order valence-corrected chi connectivity index (χ4v) is 0.478.